The average molecular weight is 1120 g/mol. The normalized spacial score (nSPS) is 11.8. The van der Waals surface area contributed by atoms with E-state index < -0.39 is 0 Å². The van der Waals surface area contributed by atoms with Gasteiger partial charge in [0.25, 0.3) is 0 Å². The molecule has 0 amide bonds. The SMILES string of the molecule is C\C=C/C=C\C=C\c1ccccc1N(c1ccc(-c2nc3ccccc3nc2-c2ccc(N(c3ccc4c(c3)c3ccccc3n4-c3ccccc3)c3ccccc3-c3ccccc3)cc2)cc1)c1ccc2c(c1)c1ccccc1n2-c1ccccc1. The van der Waals surface area contributed by atoms with Crippen LogP contribution in [0, 0.1) is 0 Å². The molecule has 0 spiro atoms. The van der Waals surface area contributed by atoms with Crippen molar-refractivity contribution >= 4 is 94.8 Å². The molecule has 0 saturated carbocycles. The first-order chi connectivity index (χ1) is 43.1. The number of para-hydroxylation sites is 8. The number of benzene rings is 12. The highest BCUT2D eigenvalue weighted by Gasteiger charge is 2.23. The molecule has 0 saturated heterocycles. The van der Waals surface area contributed by atoms with Crippen molar-refractivity contribution in [3.8, 4) is 45.0 Å². The van der Waals surface area contributed by atoms with Crippen LogP contribution in [-0.4, -0.2) is 19.1 Å². The second-order valence-corrected chi connectivity index (χ2v) is 21.7. The minimum absolute atomic E-state index is 0.803. The molecule has 412 valence electrons. The predicted molar refractivity (Wildman–Crippen MR) is 367 cm³/mol. The van der Waals surface area contributed by atoms with E-state index in [1.807, 2.05) is 37.3 Å². The van der Waals surface area contributed by atoms with Gasteiger partial charge in [-0.05, 0) is 139 Å². The molecule has 6 heteroatoms. The van der Waals surface area contributed by atoms with Crippen molar-refractivity contribution in [3.63, 3.8) is 0 Å². The van der Waals surface area contributed by atoms with Crippen molar-refractivity contribution in [1.29, 1.82) is 0 Å². The summed E-state index contributed by atoms with van der Waals surface area (Å²) in [5.41, 5.74) is 21.7. The van der Waals surface area contributed by atoms with E-state index in [4.69, 9.17) is 9.97 Å². The summed E-state index contributed by atoms with van der Waals surface area (Å²) in [4.78, 5) is 15.6. The average Bonchev–Trinajstić information content (AvgIpc) is 2.36. The molecule has 15 aromatic rings. The molecule has 0 fully saturated rings. The largest absolute Gasteiger partial charge is 0.310 e. The first-order valence-corrected chi connectivity index (χ1v) is 29.6. The fraction of sp³-hybridized carbons (Fsp3) is 0.0123. The molecule has 3 aromatic heterocycles. The monoisotopic (exact) mass is 1110 g/mol. The lowest BCUT2D eigenvalue weighted by molar-refractivity contribution is 1.18. The molecule has 87 heavy (non-hydrogen) atoms. The van der Waals surface area contributed by atoms with Crippen LogP contribution in [0.2, 0.25) is 0 Å². The zero-order chi connectivity index (χ0) is 58.0. The fourth-order valence-corrected chi connectivity index (χ4v) is 12.5. The third-order valence-corrected chi connectivity index (χ3v) is 16.4. The zero-order valence-electron chi connectivity index (χ0n) is 47.9. The third-order valence-electron chi connectivity index (χ3n) is 16.4. The summed E-state index contributed by atoms with van der Waals surface area (Å²) in [7, 11) is 0. The van der Waals surface area contributed by atoms with Crippen LogP contribution in [0.25, 0.3) is 106 Å². The van der Waals surface area contributed by atoms with Crippen molar-refractivity contribution in [2.75, 3.05) is 9.80 Å². The molecule has 0 unspecified atom stereocenters. The molecule has 0 aliphatic heterocycles. The molecule has 0 bridgehead atoms. The summed E-state index contributed by atoms with van der Waals surface area (Å²) in [5.74, 6) is 0. The number of fused-ring (bicyclic) bond motifs is 7. The number of hydrogen-bond donors (Lipinski definition) is 0. The van der Waals surface area contributed by atoms with Gasteiger partial charge < -0.3 is 18.9 Å². The molecule has 0 aliphatic rings. The summed E-state index contributed by atoms with van der Waals surface area (Å²) >= 11 is 0. The standard InChI is InChI=1S/C81H58N6/c1-2-3-4-5-9-28-58-29-16-22-39-74(58)84(65-51-53-78-70(55-65)68-35-18-24-41-76(68)86(78)61-30-12-7-13-31-61)63-47-43-59(44-48-63)80-81(83-73-38-21-20-37-72(73)82-80)60-45-49-64(50-46-60)85(75-40-23-17-34-67(75)57-26-10-6-11-27-57)66-52-54-79-71(56-66)69-36-19-25-42-77(69)87(79)62-32-14-8-15-33-62/h2-56H,1H3/b3-2-,5-4-,28-9+. The second-order valence-electron chi connectivity index (χ2n) is 21.7. The number of allylic oxidation sites excluding steroid dienone is 5. The van der Waals surface area contributed by atoms with Gasteiger partial charge in [-0.25, -0.2) is 9.97 Å². The molecule has 3 heterocycles. The highest BCUT2D eigenvalue weighted by molar-refractivity contribution is 6.12. The van der Waals surface area contributed by atoms with Gasteiger partial charge >= 0.3 is 0 Å². The van der Waals surface area contributed by atoms with Crippen LogP contribution < -0.4 is 9.80 Å². The van der Waals surface area contributed by atoms with Crippen LogP contribution >= 0.6 is 0 Å². The molecular formula is C81H58N6. The maximum Gasteiger partial charge on any atom is 0.0973 e. The lowest BCUT2D eigenvalue weighted by Crippen LogP contribution is -2.11. The van der Waals surface area contributed by atoms with Crippen molar-refractivity contribution in [2.24, 2.45) is 0 Å². The third kappa shape index (κ3) is 9.71. The minimum atomic E-state index is 0.803. The quantitative estimate of drug-likeness (QED) is 0.102. The summed E-state index contributed by atoms with van der Waals surface area (Å²) in [5, 5.41) is 4.75. The topological polar surface area (TPSA) is 42.1 Å². The Morgan fingerprint density at radius 2 is 0.724 bits per heavy atom. The first-order valence-electron chi connectivity index (χ1n) is 29.6. The maximum absolute atomic E-state index is 5.44. The van der Waals surface area contributed by atoms with Crippen LogP contribution in [0.5, 0.6) is 0 Å². The van der Waals surface area contributed by atoms with Crippen LogP contribution in [0.15, 0.2) is 328 Å². The number of anilines is 6. The van der Waals surface area contributed by atoms with E-state index in [2.05, 4.69) is 322 Å². The van der Waals surface area contributed by atoms with E-state index in [9.17, 15) is 0 Å². The Morgan fingerprint density at radius 1 is 0.310 bits per heavy atom. The first kappa shape index (κ1) is 52.2. The van der Waals surface area contributed by atoms with Gasteiger partial charge in [0, 0.05) is 72.4 Å². The van der Waals surface area contributed by atoms with E-state index >= 15 is 0 Å². The van der Waals surface area contributed by atoms with Crippen LogP contribution in [0.4, 0.5) is 34.1 Å². The fourth-order valence-electron chi connectivity index (χ4n) is 12.5. The van der Waals surface area contributed by atoms with Crippen molar-refractivity contribution in [1.82, 2.24) is 19.1 Å². The van der Waals surface area contributed by atoms with Crippen molar-refractivity contribution in [2.45, 2.75) is 6.92 Å². The lowest BCUT2D eigenvalue weighted by Gasteiger charge is -2.28. The molecule has 6 nitrogen and oxygen atoms in total. The van der Waals surface area contributed by atoms with Gasteiger partial charge in [0.1, 0.15) is 0 Å². The van der Waals surface area contributed by atoms with E-state index in [1.54, 1.807) is 0 Å². The van der Waals surface area contributed by atoms with E-state index in [0.29, 0.717) is 0 Å². The molecular weight excluding hydrogens is 1060 g/mol. The second kappa shape index (κ2) is 22.9. The number of hydrogen-bond acceptors (Lipinski definition) is 4. The number of nitrogens with zero attached hydrogens (tertiary/aromatic N) is 6. The summed E-state index contributed by atoms with van der Waals surface area (Å²) < 4.78 is 4.74. The van der Waals surface area contributed by atoms with Crippen molar-refractivity contribution < 1.29 is 0 Å². The van der Waals surface area contributed by atoms with Gasteiger partial charge in [-0.2, -0.15) is 0 Å². The Labute approximate surface area is 506 Å². The number of rotatable bonds is 14. The summed E-state index contributed by atoms with van der Waals surface area (Å²) in [6, 6.07) is 106. The Hall–Kier alpha value is -11.6. The predicted octanol–water partition coefficient (Wildman–Crippen LogP) is 21.9. The Balaban J connectivity index is 0.854. The van der Waals surface area contributed by atoms with E-state index in [0.717, 1.165) is 112 Å². The van der Waals surface area contributed by atoms with Gasteiger partial charge in [-0.15, -0.1) is 0 Å². The van der Waals surface area contributed by atoms with Gasteiger partial charge in [0.15, 0.2) is 0 Å². The van der Waals surface area contributed by atoms with E-state index in [1.165, 1.54) is 27.1 Å². The van der Waals surface area contributed by atoms with Gasteiger partial charge in [0.05, 0.1) is 55.9 Å². The Morgan fingerprint density at radius 3 is 1.26 bits per heavy atom. The number of aromatic nitrogens is 4. The molecule has 0 radical (unpaired) electrons. The van der Waals surface area contributed by atoms with Crippen molar-refractivity contribution in [3.05, 3.63) is 333 Å². The zero-order valence-corrected chi connectivity index (χ0v) is 47.9. The Kier molecular flexibility index (Phi) is 13.7. The highest BCUT2D eigenvalue weighted by Crippen LogP contribution is 2.46. The molecule has 15 rings (SSSR count). The Bertz CT molecular complexity index is 5100. The summed E-state index contributed by atoms with van der Waals surface area (Å²) in [6.45, 7) is 2.03. The van der Waals surface area contributed by atoms with Crippen LogP contribution in [0.1, 0.15) is 12.5 Å². The molecule has 0 atom stereocenters. The highest BCUT2D eigenvalue weighted by atomic mass is 15.2. The molecule has 0 N–H and O–H groups in total. The van der Waals surface area contributed by atoms with Gasteiger partial charge in [0.2, 0.25) is 0 Å². The molecule has 12 aromatic carbocycles. The van der Waals surface area contributed by atoms with Gasteiger partial charge in [-0.3, -0.25) is 0 Å². The smallest absolute Gasteiger partial charge is 0.0973 e. The van der Waals surface area contributed by atoms with E-state index in [-0.39, 0.29) is 0 Å². The molecule has 0 aliphatic carbocycles. The minimum Gasteiger partial charge on any atom is -0.310 e. The summed E-state index contributed by atoms with van der Waals surface area (Å²) in [6.07, 6.45) is 12.5. The van der Waals surface area contributed by atoms with Crippen LogP contribution in [-0.2, 0) is 0 Å². The van der Waals surface area contributed by atoms with Crippen LogP contribution in [0.3, 0.4) is 0 Å². The van der Waals surface area contributed by atoms with Gasteiger partial charge in [-0.1, -0.05) is 212 Å². The maximum atomic E-state index is 5.44. The lowest BCUT2D eigenvalue weighted by atomic mass is 10.00.